The lowest BCUT2D eigenvalue weighted by molar-refractivity contribution is 0.398. The van der Waals surface area contributed by atoms with Crippen LogP contribution in [0.2, 0.25) is 0 Å². The van der Waals surface area contributed by atoms with Crippen molar-refractivity contribution in [2.24, 2.45) is 0 Å². The highest BCUT2D eigenvalue weighted by Crippen LogP contribution is 2.67. The van der Waals surface area contributed by atoms with Gasteiger partial charge in [0.25, 0.3) is 0 Å². The number of hydrogen-bond acceptors (Lipinski definition) is 0. The van der Waals surface area contributed by atoms with Crippen molar-refractivity contribution in [3.8, 4) is 145 Å². The molecule has 0 heterocycles. The van der Waals surface area contributed by atoms with Gasteiger partial charge in [-0.25, -0.2) is 0 Å². The van der Waals surface area contributed by atoms with Gasteiger partial charge < -0.3 is 0 Å². The van der Waals surface area contributed by atoms with Crippen LogP contribution in [0.25, 0.3) is 166 Å². The summed E-state index contributed by atoms with van der Waals surface area (Å²) in [5, 5.41) is 5.54. The number of unbranched alkanes of at least 4 members (excludes halogenated alkanes) is 19. The van der Waals surface area contributed by atoms with E-state index < -0.39 is 0 Å². The molecule has 0 heteroatoms. The average molecular weight is 1850 g/mol. The van der Waals surface area contributed by atoms with E-state index in [2.05, 4.69) is 390 Å². The van der Waals surface area contributed by atoms with Gasteiger partial charge in [0, 0.05) is 37.9 Å². The number of hydrogen-bond donors (Lipinski definition) is 0. The van der Waals surface area contributed by atoms with Gasteiger partial charge in [-0.3, -0.25) is 0 Å². The van der Waals surface area contributed by atoms with Gasteiger partial charge in [0.2, 0.25) is 0 Å². The third-order valence-electron chi connectivity index (χ3n) is 37.1. The molecule has 0 saturated carbocycles. The summed E-state index contributed by atoms with van der Waals surface area (Å²) in [5.74, 6) is 0. The Balaban J connectivity index is 0.618. The minimum absolute atomic E-state index is 0.0529. The Labute approximate surface area is 850 Å². The summed E-state index contributed by atoms with van der Waals surface area (Å²) < 4.78 is 0. The Kier molecular flexibility index (Phi) is 24.0. The van der Waals surface area contributed by atoms with E-state index in [0.29, 0.717) is 0 Å². The summed E-state index contributed by atoms with van der Waals surface area (Å²) in [6, 6.07) is 113. The molecule has 0 saturated heterocycles. The predicted molar refractivity (Wildman–Crippen MR) is 611 cm³/mol. The summed E-state index contributed by atoms with van der Waals surface area (Å²) in [4.78, 5) is 0. The first-order valence-electron chi connectivity index (χ1n) is 55.7. The summed E-state index contributed by atoms with van der Waals surface area (Å²) in [5.41, 5.74) is 58.0. The van der Waals surface area contributed by atoms with Crippen LogP contribution in [0, 0.1) is 13.8 Å². The molecule has 142 heavy (non-hydrogen) atoms. The van der Waals surface area contributed by atoms with Crippen molar-refractivity contribution >= 4 is 21.5 Å². The molecule has 23 rings (SSSR count). The van der Waals surface area contributed by atoms with Crippen LogP contribution in [0.15, 0.2) is 279 Å². The molecule has 716 valence electrons. The maximum atomic E-state index is 2.89. The lowest BCUT2D eigenvalue weighted by Crippen LogP contribution is -2.26. The Hall–Kier alpha value is -12.0. The van der Waals surface area contributed by atoms with E-state index in [9.17, 15) is 0 Å². The number of benzene rings is 16. The average Bonchev–Trinajstić information content (AvgIpc) is 1.51. The van der Waals surface area contributed by atoms with Crippen molar-refractivity contribution in [3.05, 3.63) is 368 Å². The van der Waals surface area contributed by atoms with Gasteiger partial charge in [-0.05, 0) is 368 Å². The van der Waals surface area contributed by atoms with Gasteiger partial charge in [-0.2, -0.15) is 0 Å². The van der Waals surface area contributed by atoms with Crippen molar-refractivity contribution in [3.63, 3.8) is 0 Å². The highest BCUT2D eigenvalue weighted by molar-refractivity contribution is 6.13. The summed E-state index contributed by atoms with van der Waals surface area (Å²) in [7, 11) is 0. The quantitative estimate of drug-likeness (QED) is 0.0360. The van der Waals surface area contributed by atoms with E-state index in [1.54, 1.807) is 22.3 Å². The molecule has 0 fully saturated rings. The molecule has 0 spiro atoms. The van der Waals surface area contributed by atoms with Crippen LogP contribution in [0.1, 0.15) is 359 Å². The predicted octanol–water partition coefficient (Wildman–Crippen LogP) is 41.3. The van der Waals surface area contributed by atoms with Crippen LogP contribution < -0.4 is 0 Å². The first kappa shape index (κ1) is 93.7. The minimum Gasteiger partial charge on any atom is -0.0654 e. The van der Waals surface area contributed by atoms with Crippen LogP contribution in [-0.4, -0.2) is 0 Å². The zero-order chi connectivity index (χ0) is 97.7. The maximum absolute atomic E-state index is 2.89. The van der Waals surface area contributed by atoms with Gasteiger partial charge in [0.1, 0.15) is 0 Å². The van der Waals surface area contributed by atoms with Crippen LogP contribution >= 0.6 is 0 Å². The standard InChI is InChI=1S/C142H148/c1-17-21-25-29-33-45-73-141(72-44-32-28-24-20-4)130-86-116-117-87-131-119(89-129(117)140(15,16)128(116)88-118(130)134-112-52-38-36-48-102(112)114(84-132(134)141)96-60-64-100(90(5)76-96)98-62-70-110-108-68-58-94(80-124(108)138(11,12)126(110)82-98)92-56-66-106-104-50-40-42-54-120(104)136(7,8)122(106)78-92)135-113-53-39-37-49-103(113)115(85-133(135)142(131,74-46-34-30-26-22-18-2)75-47-35-31-27-23-19-3)97-61-65-101(91(6)77-97)99-63-71-111-109-69-59-95(81-125(109)139(13,14)127(111)83-99)93-57-67-107-105-51-41-43-55-121(105)137(9,10)123(107)79-93/h36-43,48-71,76-89H,17-35,44-47,72-75H2,1-16H3. The van der Waals surface area contributed by atoms with E-state index in [1.807, 2.05) is 0 Å². The molecular weight excluding hydrogens is 1710 g/mol. The summed E-state index contributed by atoms with van der Waals surface area (Å²) >= 11 is 0. The van der Waals surface area contributed by atoms with E-state index in [0.717, 1.165) is 25.7 Å². The molecule has 0 aliphatic heterocycles. The molecule has 0 bridgehead atoms. The lowest BCUT2D eigenvalue weighted by Gasteiger charge is -2.34. The van der Waals surface area contributed by atoms with Gasteiger partial charge in [0.15, 0.2) is 0 Å². The van der Waals surface area contributed by atoms with E-state index >= 15 is 0 Å². The fourth-order valence-electron chi connectivity index (χ4n) is 29.1. The van der Waals surface area contributed by atoms with Gasteiger partial charge in [-0.15, -0.1) is 0 Å². The number of rotatable bonds is 33. The Morgan fingerprint density at radius 3 is 0.676 bits per heavy atom. The maximum Gasteiger partial charge on any atom is 0.0215 e. The molecule has 0 aromatic heterocycles. The summed E-state index contributed by atoms with van der Waals surface area (Å²) in [6.07, 6.45) is 34.0. The minimum atomic E-state index is -0.276. The SMILES string of the molecule is CCCCCCCCC1(CCCCCCC)c2cc3c(cc2-c2c1cc(-c1ccc(-c4ccc5c(c4)C(C)(C)c4cc(-c6ccc7c(c6)C(C)(C)c6ccccc6-7)ccc4-5)c(C)c1)c1ccccc21)C(C)(C)c1cc2c(cc1-3)C(CCCCCCCC)(CCCCCCCC)c1cc(-c3ccc(-c4ccc5c(c4)C(C)(C)c4cc(-c6ccc7c(c6)C(C)(C)c6ccccc6-7)ccc4-5)c(C)c3)c3ccccc3c1-2. The van der Waals surface area contributed by atoms with Gasteiger partial charge in [-0.1, -0.05) is 451 Å². The second kappa shape index (κ2) is 36.4. The molecule has 7 aliphatic rings. The normalized spacial score (nSPS) is 16.5. The molecule has 0 radical (unpaired) electrons. The third-order valence-corrected chi connectivity index (χ3v) is 37.1. The monoisotopic (exact) mass is 1850 g/mol. The smallest absolute Gasteiger partial charge is 0.0215 e. The van der Waals surface area contributed by atoms with Crippen molar-refractivity contribution in [1.29, 1.82) is 0 Å². The Bertz CT molecular complexity index is 7720. The molecule has 7 aliphatic carbocycles. The highest BCUT2D eigenvalue weighted by Gasteiger charge is 2.51. The third kappa shape index (κ3) is 15.0. The Morgan fingerprint density at radius 1 is 0.155 bits per heavy atom. The molecule has 16 aromatic carbocycles. The van der Waals surface area contributed by atoms with Crippen molar-refractivity contribution in [1.82, 2.24) is 0 Å². The molecule has 0 nitrogen and oxygen atoms in total. The van der Waals surface area contributed by atoms with Gasteiger partial charge in [0.05, 0.1) is 0 Å². The van der Waals surface area contributed by atoms with Crippen LogP contribution in [0.3, 0.4) is 0 Å². The van der Waals surface area contributed by atoms with Crippen LogP contribution in [0.5, 0.6) is 0 Å². The zero-order valence-corrected chi connectivity index (χ0v) is 88.1. The largest absolute Gasteiger partial charge is 0.0654 e. The molecule has 16 aromatic rings. The molecule has 0 N–H and O–H groups in total. The van der Waals surface area contributed by atoms with Crippen LogP contribution in [-0.2, 0) is 37.9 Å². The summed E-state index contributed by atoms with van der Waals surface area (Å²) in [6.45, 7) is 39.0. The first-order valence-corrected chi connectivity index (χ1v) is 55.7. The number of aryl methyl sites for hydroxylation is 2. The first-order chi connectivity index (χ1) is 68.8. The molecule has 1 unspecified atom stereocenters. The van der Waals surface area contributed by atoms with Gasteiger partial charge >= 0.3 is 0 Å². The number of fused-ring (bicyclic) bond motifs is 25. The fraction of sp³-hybridized carbons (Fsp3) is 0.352. The van der Waals surface area contributed by atoms with E-state index in [1.165, 1.54) is 381 Å². The van der Waals surface area contributed by atoms with E-state index in [-0.39, 0.29) is 37.9 Å². The molecular formula is C142H148. The van der Waals surface area contributed by atoms with E-state index in [4.69, 9.17) is 0 Å². The molecule has 0 amide bonds. The van der Waals surface area contributed by atoms with Crippen LogP contribution in [0.4, 0.5) is 0 Å². The fourth-order valence-corrected chi connectivity index (χ4v) is 29.1. The topological polar surface area (TPSA) is 0 Å². The lowest BCUT2D eigenvalue weighted by atomic mass is 9.69. The van der Waals surface area contributed by atoms with Crippen molar-refractivity contribution in [2.45, 2.75) is 322 Å². The zero-order valence-electron chi connectivity index (χ0n) is 88.1. The molecule has 1 atom stereocenters. The second-order valence-corrected chi connectivity index (χ2v) is 47.4. The van der Waals surface area contributed by atoms with Crippen molar-refractivity contribution in [2.75, 3.05) is 0 Å². The second-order valence-electron chi connectivity index (χ2n) is 47.4. The van der Waals surface area contributed by atoms with Crippen molar-refractivity contribution < 1.29 is 0 Å². The Morgan fingerprint density at radius 2 is 0.373 bits per heavy atom. The highest BCUT2D eigenvalue weighted by atomic mass is 14.5.